The summed E-state index contributed by atoms with van der Waals surface area (Å²) in [7, 11) is 1.52. The molecule has 0 spiro atoms. The van der Waals surface area contributed by atoms with Crippen LogP contribution in [0.15, 0.2) is 61.3 Å². The topological polar surface area (TPSA) is 147 Å². The Hall–Kier alpha value is -4.41. The van der Waals surface area contributed by atoms with Crippen molar-refractivity contribution in [2.24, 2.45) is 5.92 Å². The number of nitrogens with one attached hydrogen (secondary N) is 1. The molecule has 0 bridgehead atoms. The molecule has 180 valence electrons. The van der Waals surface area contributed by atoms with Gasteiger partial charge in [-0.15, -0.1) is 0 Å². The highest BCUT2D eigenvalue weighted by atomic mass is 16.2. The first-order valence-electron chi connectivity index (χ1n) is 11.2. The SMILES string of the molecule is CCC(NC(=O)N1C(=O)[C@H](Cc2ccnc(N)c2)[C@H]1C(=O)N(C)c1ncccn1)c1cccnc1. The van der Waals surface area contributed by atoms with E-state index in [9.17, 15) is 14.4 Å². The van der Waals surface area contributed by atoms with E-state index in [-0.39, 0.29) is 18.4 Å². The molecule has 35 heavy (non-hydrogen) atoms. The average Bonchev–Trinajstić information content (AvgIpc) is 2.89. The van der Waals surface area contributed by atoms with Crippen LogP contribution in [0, 0.1) is 5.92 Å². The van der Waals surface area contributed by atoms with Crippen molar-refractivity contribution in [2.75, 3.05) is 17.7 Å². The minimum absolute atomic E-state index is 0.172. The molecule has 3 aromatic rings. The lowest BCUT2D eigenvalue weighted by atomic mass is 9.81. The lowest BCUT2D eigenvalue weighted by Crippen LogP contribution is -2.70. The van der Waals surface area contributed by atoms with Gasteiger partial charge in [-0.1, -0.05) is 13.0 Å². The van der Waals surface area contributed by atoms with Gasteiger partial charge in [-0.05, 0) is 48.2 Å². The number of β-lactam (4-membered cyclic amide) rings is 1. The van der Waals surface area contributed by atoms with Gasteiger partial charge < -0.3 is 11.1 Å². The van der Waals surface area contributed by atoms with Crippen LogP contribution in [0.4, 0.5) is 16.6 Å². The summed E-state index contributed by atoms with van der Waals surface area (Å²) in [5.41, 5.74) is 7.33. The second kappa shape index (κ2) is 10.2. The van der Waals surface area contributed by atoms with Crippen molar-refractivity contribution in [1.82, 2.24) is 30.2 Å². The molecule has 11 heteroatoms. The number of pyridine rings is 2. The number of carbonyl (C=O) groups excluding carboxylic acids is 3. The predicted molar refractivity (Wildman–Crippen MR) is 128 cm³/mol. The molecule has 0 saturated carbocycles. The van der Waals surface area contributed by atoms with E-state index in [1.165, 1.54) is 24.3 Å². The molecule has 0 aliphatic carbocycles. The number of imide groups is 1. The molecular formula is C24H26N8O3. The first kappa shape index (κ1) is 23.7. The van der Waals surface area contributed by atoms with E-state index in [4.69, 9.17) is 5.73 Å². The Bertz CT molecular complexity index is 1210. The summed E-state index contributed by atoms with van der Waals surface area (Å²) < 4.78 is 0. The summed E-state index contributed by atoms with van der Waals surface area (Å²) in [4.78, 5) is 58.4. The Kier molecular flexibility index (Phi) is 6.95. The maximum absolute atomic E-state index is 13.5. The number of carbonyl (C=O) groups is 3. The molecule has 0 aromatic carbocycles. The minimum atomic E-state index is -1.03. The monoisotopic (exact) mass is 474 g/mol. The van der Waals surface area contributed by atoms with Crippen LogP contribution in [-0.2, 0) is 16.0 Å². The number of rotatable bonds is 7. The highest BCUT2D eigenvalue weighted by Gasteiger charge is 2.55. The van der Waals surface area contributed by atoms with E-state index in [0.717, 1.165) is 16.0 Å². The zero-order valence-corrected chi connectivity index (χ0v) is 19.4. The van der Waals surface area contributed by atoms with Gasteiger partial charge in [-0.2, -0.15) is 0 Å². The second-order valence-electron chi connectivity index (χ2n) is 8.20. The highest BCUT2D eigenvalue weighted by molar-refractivity contribution is 6.12. The maximum Gasteiger partial charge on any atom is 0.325 e. The Balaban J connectivity index is 1.59. The summed E-state index contributed by atoms with van der Waals surface area (Å²) in [5.74, 6) is -1.18. The number of likely N-dealkylation sites (tertiary alicyclic amines) is 1. The molecule has 1 aliphatic rings. The van der Waals surface area contributed by atoms with Gasteiger partial charge in [0.1, 0.15) is 11.9 Å². The third-order valence-corrected chi connectivity index (χ3v) is 5.96. The fourth-order valence-electron chi connectivity index (χ4n) is 4.11. The van der Waals surface area contributed by atoms with E-state index in [1.807, 2.05) is 13.0 Å². The van der Waals surface area contributed by atoms with Gasteiger partial charge in [0, 0.05) is 38.0 Å². The molecule has 1 unspecified atom stereocenters. The fraction of sp³-hybridized carbons (Fsp3) is 0.292. The van der Waals surface area contributed by atoms with Crippen molar-refractivity contribution in [1.29, 1.82) is 0 Å². The summed E-state index contributed by atoms with van der Waals surface area (Å²) in [6.45, 7) is 1.91. The lowest BCUT2D eigenvalue weighted by Gasteiger charge is -2.45. The van der Waals surface area contributed by atoms with Gasteiger partial charge in [0.25, 0.3) is 5.91 Å². The third-order valence-electron chi connectivity index (χ3n) is 5.96. The van der Waals surface area contributed by atoms with Gasteiger partial charge in [0.05, 0.1) is 12.0 Å². The van der Waals surface area contributed by atoms with Crippen molar-refractivity contribution >= 4 is 29.6 Å². The number of nitrogen functional groups attached to an aromatic ring is 1. The lowest BCUT2D eigenvalue weighted by molar-refractivity contribution is -0.156. The Morgan fingerprint density at radius 2 is 1.91 bits per heavy atom. The number of hydrogen-bond donors (Lipinski definition) is 2. The van der Waals surface area contributed by atoms with Crippen molar-refractivity contribution < 1.29 is 14.4 Å². The number of urea groups is 1. The Morgan fingerprint density at radius 3 is 2.57 bits per heavy atom. The maximum atomic E-state index is 13.5. The highest BCUT2D eigenvalue weighted by Crippen LogP contribution is 2.33. The van der Waals surface area contributed by atoms with Crippen LogP contribution < -0.4 is 16.0 Å². The molecule has 0 radical (unpaired) electrons. The average molecular weight is 475 g/mol. The number of amides is 4. The summed E-state index contributed by atoms with van der Waals surface area (Å²) >= 11 is 0. The molecule has 4 rings (SSSR count). The van der Waals surface area contributed by atoms with Crippen LogP contribution in [0.5, 0.6) is 0 Å². The zero-order valence-electron chi connectivity index (χ0n) is 19.4. The predicted octanol–water partition coefficient (Wildman–Crippen LogP) is 1.74. The molecule has 3 N–H and O–H groups in total. The molecule has 11 nitrogen and oxygen atoms in total. The number of nitrogens with zero attached hydrogens (tertiary/aromatic N) is 6. The minimum Gasteiger partial charge on any atom is -0.384 e. The van der Waals surface area contributed by atoms with Crippen LogP contribution in [0.3, 0.4) is 0 Å². The van der Waals surface area contributed by atoms with E-state index in [0.29, 0.717) is 12.2 Å². The Labute approximate surface area is 202 Å². The summed E-state index contributed by atoms with van der Waals surface area (Å²) in [5, 5.41) is 2.87. The number of hydrogen-bond acceptors (Lipinski definition) is 8. The molecule has 3 aromatic heterocycles. The number of anilines is 2. The first-order chi connectivity index (χ1) is 16.9. The van der Waals surface area contributed by atoms with Crippen LogP contribution in [0.2, 0.25) is 0 Å². The van der Waals surface area contributed by atoms with Gasteiger partial charge in [-0.3, -0.25) is 24.4 Å². The van der Waals surface area contributed by atoms with E-state index >= 15 is 0 Å². The van der Waals surface area contributed by atoms with Gasteiger partial charge in [-0.25, -0.2) is 19.7 Å². The Morgan fingerprint density at radius 1 is 1.14 bits per heavy atom. The molecule has 1 saturated heterocycles. The molecule has 4 amide bonds. The normalized spacial score (nSPS) is 17.9. The molecule has 1 fully saturated rings. The number of nitrogens with two attached hydrogens (primary N) is 1. The number of aromatic nitrogens is 4. The summed E-state index contributed by atoms with van der Waals surface area (Å²) in [6, 6.07) is 6.59. The van der Waals surface area contributed by atoms with Gasteiger partial charge in [0.15, 0.2) is 0 Å². The smallest absolute Gasteiger partial charge is 0.325 e. The van der Waals surface area contributed by atoms with Crippen molar-refractivity contribution in [3.05, 3.63) is 72.4 Å². The third kappa shape index (κ3) is 4.93. The van der Waals surface area contributed by atoms with Gasteiger partial charge in [0.2, 0.25) is 11.9 Å². The molecule has 1 aliphatic heterocycles. The molecule has 4 heterocycles. The standard InChI is InChI=1S/C24H26N8O3/c1-3-18(16-6-4-8-26-14-16)30-24(35)32-20(22(34)31(2)23-28-9-5-10-29-23)17(21(32)33)12-15-7-11-27-19(25)13-15/h4-11,13-14,17-18,20H,3,12H2,1-2H3,(H2,25,27)(H,30,35)/t17-,18?,20+/m1/s1. The number of likely N-dealkylation sites (N-methyl/N-ethyl adjacent to an activating group) is 1. The molecular weight excluding hydrogens is 448 g/mol. The van der Waals surface area contributed by atoms with Gasteiger partial charge >= 0.3 is 6.03 Å². The van der Waals surface area contributed by atoms with Crippen LogP contribution in [-0.4, -0.2) is 55.8 Å². The van der Waals surface area contributed by atoms with Crippen LogP contribution >= 0.6 is 0 Å². The van der Waals surface area contributed by atoms with Crippen molar-refractivity contribution in [2.45, 2.75) is 31.8 Å². The first-order valence-corrected chi connectivity index (χ1v) is 11.2. The fourth-order valence-corrected chi connectivity index (χ4v) is 4.11. The van der Waals surface area contributed by atoms with E-state index < -0.39 is 29.8 Å². The zero-order chi connectivity index (χ0) is 24.9. The largest absolute Gasteiger partial charge is 0.384 e. The molecule has 3 atom stereocenters. The van der Waals surface area contributed by atoms with E-state index in [1.54, 1.807) is 42.9 Å². The second-order valence-corrected chi connectivity index (χ2v) is 8.20. The van der Waals surface area contributed by atoms with E-state index in [2.05, 4.69) is 25.3 Å². The summed E-state index contributed by atoms with van der Waals surface area (Å²) in [6.07, 6.45) is 8.68. The van der Waals surface area contributed by atoms with Crippen molar-refractivity contribution in [3.8, 4) is 0 Å². The van der Waals surface area contributed by atoms with Crippen LogP contribution in [0.1, 0.15) is 30.5 Å². The van der Waals surface area contributed by atoms with Crippen LogP contribution in [0.25, 0.3) is 0 Å². The quantitative estimate of drug-likeness (QED) is 0.492. The van der Waals surface area contributed by atoms with Crippen molar-refractivity contribution in [3.63, 3.8) is 0 Å².